The molecule has 0 N–H and O–H groups in total. The van der Waals surface area contributed by atoms with Gasteiger partial charge in [-0.1, -0.05) is 53.3 Å². The number of rotatable bonds is 4. The number of ether oxygens (including phenoxy) is 2. The summed E-state index contributed by atoms with van der Waals surface area (Å²) in [4.78, 5) is 21.6. The van der Waals surface area contributed by atoms with Crippen molar-refractivity contribution < 1.29 is 9.47 Å². The fourth-order valence-corrected chi connectivity index (χ4v) is 5.22. The fourth-order valence-electron chi connectivity index (χ4n) is 3.32. The molecular formula is C12H13Cl4N3O4. The molecule has 11 heteroatoms. The molecule has 1 aliphatic carbocycles. The summed E-state index contributed by atoms with van der Waals surface area (Å²) in [5.41, 5.74) is -1.34. The normalized spacial score (nSPS) is 31.1. The van der Waals surface area contributed by atoms with Crippen molar-refractivity contribution >= 4 is 46.4 Å². The maximum atomic E-state index is 12.7. The van der Waals surface area contributed by atoms with Gasteiger partial charge in [0, 0.05) is 20.8 Å². The first-order valence-electron chi connectivity index (χ1n) is 6.70. The highest BCUT2D eigenvalue weighted by atomic mass is 35.5. The van der Waals surface area contributed by atoms with Crippen LogP contribution in [0.25, 0.3) is 0 Å². The summed E-state index contributed by atoms with van der Waals surface area (Å²) in [6.45, 7) is 2.03. The van der Waals surface area contributed by atoms with Gasteiger partial charge in [-0.05, 0) is 6.42 Å². The number of aromatic nitrogens is 3. The van der Waals surface area contributed by atoms with Crippen LogP contribution >= 0.6 is 46.4 Å². The zero-order valence-electron chi connectivity index (χ0n) is 12.4. The summed E-state index contributed by atoms with van der Waals surface area (Å²) in [7, 11) is 2.55. The largest absolute Gasteiger partial charge is 0.349 e. The maximum Gasteiger partial charge on any atom is 0.349 e. The molecule has 2 atom stereocenters. The smallest absolute Gasteiger partial charge is 0.347 e. The van der Waals surface area contributed by atoms with Crippen molar-refractivity contribution in [1.82, 2.24) is 13.9 Å². The summed E-state index contributed by atoms with van der Waals surface area (Å²) in [6, 6.07) is 0. The second-order valence-electron chi connectivity index (χ2n) is 5.24. The molecule has 0 spiro atoms. The second-order valence-corrected chi connectivity index (χ2v) is 7.09. The van der Waals surface area contributed by atoms with E-state index < -0.39 is 27.2 Å². The molecule has 1 aromatic heterocycles. The van der Waals surface area contributed by atoms with Gasteiger partial charge in [0.25, 0.3) is 5.79 Å². The lowest BCUT2D eigenvalue weighted by Gasteiger charge is -2.38. The van der Waals surface area contributed by atoms with Crippen LogP contribution in [0.15, 0.2) is 19.7 Å². The van der Waals surface area contributed by atoms with Crippen LogP contribution in [-0.4, -0.2) is 33.9 Å². The quantitative estimate of drug-likeness (QED) is 0.565. The zero-order chi connectivity index (χ0) is 17.4. The number of alkyl halides is 2. The SMILES string of the molecule is CCCn1c(=O)n2n(c1=O)C1(Cl)C(Cl)=C(Cl)C2(Cl)C1(OC)OC. The minimum absolute atomic E-state index is 0.129. The van der Waals surface area contributed by atoms with Gasteiger partial charge in [0.2, 0.25) is 10.00 Å². The Morgan fingerprint density at radius 2 is 1.35 bits per heavy atom. The summed E-state index contributed by atoms with van der Waals surface area (Å²) in [6.07, 6.45) is 0.568. The molecule has 0 aromatic carbocycles. The Labute approximate surface area is 150 Å². The minimum Gasteiger partial charge on any atom is -0.347 e. The standard InChI is InChI=1S/C12H13Cl4N3O4/c1-4-5-17-8(20)18-10(15)6(13)7(14)11(16,19(18)9(17)21)12(10,22-2)23-3/h4-5H2,1-3H3. The number of hydrogen-bond donors (Lipinski definition) is 0. The minimum atomic E-state index is -1.90. The molecule has 3 rings (SSSR count). The molecule has 0 radical (unpaired) electrons. The van der Waals surface area contributed by atoms with E-state index in [1.807, 2.05) is 6.92 Å². The number of methoxy groups -OCH3 is 2. The van der Waals surface area contributed by atoms with Gasteiger partial charge in [-0.3, -0.25) is 0 Å². The van der Waals surface area contributed by atoms with Gasteiger partial charge in [0.15, 0.2) is 0 Å². The Morgan fingerprint density at radius 1 is 0.957 bits per heavy atom. The van der Waals surface area contributed by atoms with Crippen LogP contribution in [0.4, 0.5) is 0 Å². The first kappa shape index (κ1) is 17.4. The van der Waals surface area contributed by atoms with Gasteiger partial charge >= 0.3 is 11.4 Å². The Morgan fingerprint density at radius 3 is 1.65 bits per heavy atom. The second kappa shape index (κ2) is 5.03. The molecule has 0 saturated carbocycles. The van der Waals surface area contributed by atoms with Crippen LogP contribution in [-0.2, 0) is 26.0 Å². The van der Waals surface area contributed by atoms with Gasteiger partial charge < -0.3 is 9.47 Å². The van der Waals surface area contributed by atoms with E-state index in [1.54, 1.807) is 0 Å². The van der Waals surface area contributed by atoms with Crippen molar-refractivity contribution in [2.24, 2.45) is 0 Å². The molecule has 2 unspecified atom stereocenters. The van der Waals surface area contributed by atoms with Gasteiger partial charge in [0.1, 0.15) is 0 Å². The molecule has 7 nitrogen and oxygen atoms in total. The summed E-state index contributed by atoms with van der Waals surface area (Å²) >= 11 is 25.8. The van der Waals surface area contributed by atoms with Crippen LogP contribution in [0, 0.1) is 0 Å². The van der Waals surface area contributed by atoms with Crippen molar-refractivity contribution in [3.63, 3.8) is 0 Å². The highest BCUT2D eigenvalue weighted by Crippen LogP contribution is 2.68. The van der Waals surface area contributed by atoms with Gasteiger partial charge in [0.05, 0.1) is 10.1 Å². The van der Waals surface area contributed by atoms with Gasteiger partial charge in [-0.2, -0.15) is 9.36 Å². The van der Waals surface area contributed by atoms with Crippen LogP contribution in [0.2, 0.25) is 0 Å². The van der Waals surface area contributed by atoms with E-state index in [0.29, 0.717) is 6.42 Å². The summed E-state index contributed by atoms with van der Waals surface area (Å²) < 4.78 is 13.7. The lowest BCUT2D eigenvalue weighted by atomic mass is 10.1. The third-order valence-electron chi connectivity index (χ3n) is 4.28. The van der Waals surface area contributed by atoms with E-state index >= 15 is 0 Å². The van der Waals surface area contributed by atoms with E-state index in [2.05, 4.69) is 0 Å². The van der Waals surface area contributed by atoms with E-state index in [9.17, 15) is 9.59 Å². The van der Waals surface area contributed by atoms with Crippen LogP contribution in [0.1, 0.15) is 13.3 Å². The molecule has 128 valence electrons. The van der Waals surface area contributed by atoms with Crippen molar-refractivity contribution in [3.05, 3.63) is 31.0 Å². The Kier molecular flexibility index (Phi) is 3.80. The molecular weight excluding hydrogens is 392 g/mol. The predicted octanol–water partition coefficient (Wildman–Crippen LogP) is 1.71. The molecule has 2 heterocycles. The van der Waals surface area contributed by atoms with Gasteiger partial charge in [-0.15, -0.1) is 0 Å². The Bertz CT molecular complexity index is 777. The summed E-state index contributed by atoms with van der Waals surface area (Å²) in [5.74, 6) is -1.86. The number of nitrogens with zero attached hydrogens (tertiary/aromatic N) is 3. The van der Waals surface area contributed by atoms with Crippen molar-refractivity contribution in [2.45, 2.75) is 35.7 Å². The van der Waals surface area contributed by atoms with Crippen LogP contribution in [0.3, 0.4) is 0 Å². The molecule has 2 aliphatic rings. The Balaban J connectivity index is 2.49. The topological polar surface area (TPSA) is 67.4 Å². The van der Waals surface area contributed by atoms with Crippen LogP contribution < -0.4 is 11.4 Å². The van der Waals surface area contributed by atoms with Crippen molar-refractivity contribution in [2.75, 3.05) is 14.2 Å². The van der Waals surface area contributed by atoms with Gasteiger partial charge in [-0.25, -0.2) is 14.2 Å². The van der Waals surface area contributed by atoms with Crippen molar-refractivity contribution in [3.8, 4) is 0 Å². The zero-order valence-corrected chi connectivity index (χ0v) is 15.4. The predicted molar refractivity (Wildman–Crippen MR) is 86.4 cm³/mol. The average molecular weight is 405 g/mol. The van der Waals surface area contributed by atoms with Crippen molar-refractivity contribution in [1.29, 1.82) is 0 Å². The third-order valence-corrected chi connectivity index (χ3v) is 6.69. The molecule has 0 amide bonds. The molecule has 2 bridgehead atoms. The monoisotopic (exact) mass is 403 g/mol. The van der Waals surface area contributed by atoms with E-state index in [4.69, 9.17) is 55.9 Å². The summed E-state index contributed by atoms with van der Waals surface area (Å²) in [5, 5.41) is -0.259. The molecule has 1 aliphatic heterocycles. The average Bonchev–Trinajstić information content (AvgIpc) is 2.93. The molecule has 0 fully saturated rings. The highest BCUT2D eigenvalue weighted by molar-refractivity contribution is 6.50. The molecule has 1 aromatic rings. The number of fused-ring (bicyclic) bond motifs is 5. The maximum absolute atomic E-state index is 12.7. The first-order chi connectivity index (χ1) is 10.7. The molecule has 0 saturated heterocycles. The Hall–Kier alpha value is -0.440. The van der Waals surface area contributed by atoms with Crippen LogP contribution in [0.5, 0.6) is 0 Å². The number of halogens is 4. The fraction of sp³-hybridized carbons (Fsp3) is 0.667. The highest BCUT2D eigenvalue weighted by Gasteiger charge is 2.82. The lowest BCUT2D eigenvalue weighted by Crippen LogP contribution is -2.58. The lowest BCUT2D eigenvalue weighted by molar-refractivity contribution is -0.240. The first-order valence-corrected chi connectivity index (χ1v) is 8.22. The number of hydrogen-bond acceptors (Lipinski definition) is 4. The van der Waals surface area contributed by atoms with E-state index in [-0.39, 0.29) is 16.6 Å². The van der Waals surface area contributed by atoms with E-state index in [0.717, 1.165) is 13.9 Å². The molecule has 23 heavy (non-hydrogen) atoms. The van der Waals surface area contributed by atoms with E-state index in [1.165, 1.54) is 14.2 Å². The third kappa shape index (κ3) is 1.48.